The number of nitrogens with zero attached hydrogens (tertiary/aromatic N) is 3. The maximum absolute atomic E-state index is 6.20. The standard InChI is InChI=1S/C27H41N3O3/c1-29(2)13-11-24-26(32-19-21-3-4-21)8-6-23-25(28-33-27(23)24)7-5-20-9-14-30(15-10-20)17-22-12-16-31-18-22/h6,8,20-22H,3-5,7,9-19H2,1-2H3. The van der Waals surface area contributed by atoms with Crippen molar-refractivity contribution in [2.24, 2.45) is 17.8 Å². The smallest absolute Gasteiger partial charge is 0.174 e. The third-order valence-corrected chi connectivity index (χ3v) is 7.79. The zero-order valence-electron chi connectivity index (χ0n) is 20.6. The minimum absolute atomic E-state index is 0.741. The van der Waals surface area contributed by atoms with Gasteiger partial charge in [-0.15, -0.1) is 0 Å². The van der Waals surface area contributed by atoms with Gasteiger partial charge in [-0.05, 0) is 108 Å². The van der Waals surface area contributed by atoms with Gasteiger partial charge in [0.1, 0.15) is 5.75 Å². The van der Waals surface area contributed by atoms with Crippen molar-refractivity contribution < 1.29 is 14.0 Å². The molecule has 6 heteroatoms. The molecule has 1 aromatic carbocycles. The van der Waals surface area contributed by atoms with E-state index in [-0.39, 0.29) is 0 Å². The molecule has 3 heterocycles. The van der Waals surface area contributed by atoms with E-state index in [1.54, 1.807) is 0 Å². The molecule has 2 aromatic rings. The van der Waals surface area contributed by atoms with Gasteiger partial charge in [-0.2, -0.15) is 0 Å². The molecule has 3 fully saturated rings. The number of benzene rings is 1. The second-order valence-corrected chi connectivity index (χ2v) is 10.9. The van der Waals surface area contributed by atoms with Crippen molar-refractivity contribution >= 4 is 11.0 Å². The number of likely N-dealkylation sites (tertiary alicyclic amines) is 1. The number of hydrogen-bond acceptors (Lipinski definition) is 6. The second kappa shape index (κ2) is 10.7. The number of fused-ring (bicyclic) bond motifs is 1. The molecule has 182 valence electrons. The van der Waals surface area contributed by atoms with E-state index in [4.69, 9.17) is 14.0 Å². The average Bonchev–Trinajstić information content (AvgIpc) is 3.33. The second-order valence-electron chi connectivity index (χ2n) is 10.9. The predicted octanol–water partition coefficient (Wildman–Crippen LogP) is 4.40. The first-order valence-electron chi connectivity index (χ1n) is 13.1. The van der Waals surface area contributed by atoms with Crippen molar-refractivity contribution in [2.45, 2.75) is 51.4 Å². The number of piperidine rings is 1. The van der Waals surface area contributed by atoms with E-state index in [0.717, 1.165) is 74.0 Å². The van der Waals surface area contributed by atoms with Gasteiger partial charge >= 0.3 is 0 Å². The summed E-state index contributed by atoms with van der Waals surface area (Å²) in [6.07, 6.45) is 9.57. The molecule has 0 N–H and O–H groups in total. The van der Waals surface area contributed by atoms with Gasteiger partial charge in [0.05, 0.1) is 18.9 Å². The van der Waals surface area contributed by atoms with Crippen LogP contribution in [0.15, 0.2) is 16.7 Å². The number of aryl methyl sites for hydroxylation is 1. The molecule has 1 saturated carbocycles. The lowest BCUT2D eigenvalue weighted by atomic mass is 9.90. The van der Waals surface area contributed by atoms with Crippen molar-refractivity contribution in [1.29, 1.82) is 0 Å². The fraction of sp³-hybridized carbons (Fsp3) is 0.741. The normalized spacial score (nSPS) is 22.6. The third kappa shape index (κ3) is 6.09. The summed E-state index contributed by atoms with van der Waals surface area (Å²) in [5.74, 6) is 3.27. The summed E-state index contributed by atoms with van der Waals surface area (Å²) in [5, 5.41) is 5.71. The predicted molar refractivity (Wildman–Crippen MR) is 131 cm³/mol. The van der Waals surface area contributed by atoms with Crippen LogP contribution in [0.5, 0.6) is 5.75 Å². The van der Waals surface area contributed by atoms with E-state index >= 15 is 0 Å². The lowest BCUT2D eigenvalue weighted by Gasteiger charge is -2.33. The molecular weight excluding hydrogens is 414 g/mol. The summed E-state index contributed by atoms with van der Waals surface area (Å²) in [5.41, 5.74) is 3.24. The molecule has 2 aliphatic heterocycles. The van der Waals surface area contributed by atoms with E-state index in [9.17, 15) is 0 Å². The topological polar surface area (TPSA) is 51.0 Å². The number of rotatable bonds is 11. The van der Waals surface area contributed by atoms with Gasteiger partial charge in [0.2, 0.25) is 0 Å². The number of likely N-dealkylation sites (N-methyl/N-ethyl adjacent to an activating group) is 1. The van der Waals surface area contributed by atoms with Crippen LogP contribution in [0.2, 0.25) is 0 Å². The van der Waals surface area contributed by atoms with Crippen molar-refractivity contribution in [3.63, 3.8) is 0 Å². The van der Waals surface area contributed by atoms with Crippen LogP contribution in [0, 0.1) is 17.8 Å². The van der Waals surface area contributed by atoms with Crippen LogP contribution in [0.3, 0.4) is 0 Å². The molecule has 1 aromatic heterocycles. The molecule has 0 spiro atoms. The Bertz CT molecular complexity index is 893. The van der Waals surface area contributed by atoms with E-state index in [1.807, 2.05) is 0 Å². The van der Waals surface area contributed by atoms with Gasteiger partial charge < -0.3 is 23.8 Å². The zero-order valence-corrected chi connectivity index (χ0v) is 20.6. The summed E-state index contributed by atoms with van der Waals surface area (Å²) in [6, 6.07) is 4.33. The molecule has 3 aliphatic rings. The summed E-state index contributed by atoms with van der Waals surface area (Å²) < 4.78 is 17.7. The summed E-state index contributed by atoms with van der Waals surface area (Å²) in [7, 11) is 4.23. The summed E-state index contributed by atoms with van der Waals surface area (Å²) in [6.45, 7) is 7.41. The van der Waals surface area contributed by atoms with Gasteiger partial charge in [-0.3, -0.25) is 0 Å². The third-order valence-electron chi connectivity index (χ3n) is 7.79. The van der Waals surface area contributed by atoms with Crippen LogP contribution in [0.1, 0.15) is 49.8 Å². The molecule has 1 aliphatic carbocycles. The molecule has 33 heavy (non-hydrogen) atoms. The van der Waals surface area contributed by atoms with Gasteiger partial charge in [0, 0.05) is 30.6 Å². The minimum Gasteiger partial charge on any atom is -0.493 e. The Morgan fingerprint density at radius 1 is 1.03 bits per heavy atom. The zero-order chi connectivity index (χ0) is 22.6. The summed E-state index contributed by atoms with van der Waals surface area (Å²) in [4.78, 5) is 4.87. The number of aromatic nitrogens is 1. The van der Waals surface area contributed by atoms with Crippen LogP contribution < -0.4 is 4.74 Å². The molecule has 0 amide bonds. The van der Waals surface area contributed by atoms with Crippen molar-refractivity contribution in [3.8, 4) is 5.75 Å². The maximum atomic E-state index is 6.20. The van der Waals surface area contributed by atoms with Gasteiger partial charge in [0.25, 0.3) is 0 Å². The highest BCUT2D eigenvalue weighted by molar-refractivity contribution is 5.84. The Hall–Kier alpha value is -1.63. The lowest BCUT2D eigenvalue weighted by molar-refractivity contribution is 0.138. The SMILES string of the molecule is CN(C)CCc1c(OCC2CC2)ccc2c(CCC3CCN(CC4CCOC4)CC3)noc12. The average molecular weight is 456 g/mol. The van der Waals surface area contributed by atoms with Crippen LogP contribution in [-0.4, -0.2) is 75.1 Å². The number of ether oxygens (including phenoxy) is 2. The van der Waals surface area contributed by atoms with Gasteiger partial charge in [0.15, 0.2) is 5.58 Å². The number of hydrogen-bond donors (Lipinski definition) is 0. The van der Waals surface area contributed by atoms with E-state index in [1.165, 1.54) is 69.1 Å². The fourth-order valence-corrected chi connectivity index (χ4v) is 5.36. The van der Waals surface area contributed by atoms with Crippen LogP contribution in [-0.2, 0) is 17.6 Å². The molecule has 0 radical (unpaired) electrons. The Morgan fingerprint density at radius 2 is 1.88 bits per heavy atom. The molecule has 1 unspecified atom stereocenters. The first-order chi connectivity index (χ1) is 16.2. The van der Waals surface area contributed by atoms with E-state index in [2.05, 4.69) is 41.2 Å². The van der Waals surface area contributed by atoms with Gasteiger partial charge in [-0.25, -0.2) is 0 Å². The summed E-state index contributed by atoms with van der Waals surface area (Å²) >= 11 is 0. The first kappa shape index (κ1) is 23.1. The molecule has 1 atom stereocenters. The molecule has 5 rings (SSSR count). The maximum Gasteiger partial charge on any atom is 0.174 e. The Morgan fingerprint density at radius 3 is 2.61 bits per heavy atom. The quantitative estimate of drug-likeness (QED) is 0.501. The largest absolute Gasteiger partial charge is 0.493 e. The molecular formula is C27H41N3O3. The molecule has 0 bridgehead atoms. The first-order valence-corrected chi connectivity index (χ1v) is 13.1. The monoisotopic (exact) mass is 455 g/mol. The highest BCUT2D eigenvalue weighted by Gasteiger charge is 2.26. The van der Waals surface area contributed by atoms with Crippen molar-refractivity contribution in [2.75, 3.05) is 60.1 Å². The van der Waals surface area contributed by atoms with E-state index < -0.39 is 0 Å². The Balaban J connectivity index is 1.19. The lowest BCUT2D eigenvalue weighted by Crippen LogP contribution is -2.37. The molecule has 6 nitrogen and oxygen atoms in total. The minimum atomic E-state index is 0.741. The van der Waals surface area contributed by atoms with Crippen LogP contribution in [0.4, 0.5) is 0 Å². The van der Waals surface area contributed by atoms with Crippen molar-refractivity contribution in [3.05, 3.63) is 23.4 Å². The highest BCUT2D eigenvalue weighted by Crippen LogP contribution is 2.35. The van der Waals surface area contributed by atoms with Crippen LogP contribution in [0.25, 0.3) is 11.0 Å². The van der Waals surface area contributed by atoms with Crippen LogP contribution >= 0.6 is 0 Å². The van der Waals surface area contributed by atoms with E-state index in [0.29, 0.717) is 0 Å². The van der Waals surface area contributed by atoms with Gasteiger partial charge in [-0.1, -0.05) is 5.16 Å². The highest BCUT2D eigenvalue weighted by atomic mass is 16.5. The van der Waals surface area contributed by atoms with Crippen molar-refractivity contribution in [1.82, 2.24) is 15.0 Å². The Labute approximate surface area is 198 Å². The molecule has 2 saturated heterocycles. The fourth-order valence-electron chi connectivity index (χ4n) is 5.36. The Kier molecular flexibility index (Phi) is 7.53.